The predicted octanol–water partition coefficient (Wildman–Crippen LogP) is 6.13. The van der Waals surface area contributed by atoms with Crippen molar-refractivity contribution in [1.82, 2.24) is 30.3 Å². The van der Waals surface area contributed by atoms with Gasteiger partial charge in [0, 0.05) is 23.1 Å². The van der Waals surface area contributed by atoms with Gasteiger partial charge in [-0.25, -0.2) is 27.3 Å². The van der Waals surface area contributed by atoms with Crippen molar-refractivity contribution in [3.8, 4) is 11.1 Å². The van der Waals surface area contributed by atoms with Crippen LogP contribution in [0.15, 0.2) is 54.7 Å². The van der Waals surface area contributed by atoms with Gasteiger partial charge in [-0.05, 0) is 60.2 Å². The summed E-state index contributed by atoms with van der Waals surface area (Å²) in [4.78, 5) is 30.6. The van der Waals surface area contributed by atoms with Gasteiger partial charge >= 0.3 is 5.97 Å². The van der Waals surface area contributed by atoms with Crippen LogP contribution in [0, 0.1) is 17.6 Å². The number of hydrogen-bond acceptors (Lipinski definition) is 6. The first-order valence-electron chi connectivity index (χ1n) is 14.5. The number of fused-ring (bicyclic) bond motifs is 4. The molecule has 0 bridgehead atoms. The number of rotatable bonds is 9. The summed E-state index contributed by atoms with van der Waals surface area (Å²) in [6, 6.07) is 9.66. The second-order valence-corrected chi connectivity index (χ2v) is 11.6. The highest BCUT2D eigenvalue weighted by Gasteiger charge is 2.67. The van der Waals surface area contributed by atoms with Crippen LogP contribution in [0.25, 0.3) is 22.2 Å². The Kier molecular flexibility index (Phi) is 7.28. The number of alkyl halides is 4. The minimum atomic E-state index is -3.44. The summed E-state index contributed by atoms with van der Waals surface area (Å²) < 4.78 is 92.0. The van der Waals surface area contributed by atoms with Crippen LogP contribution in [0.5, 0.6) is 0 Å². The molecule has 15 heteroatoms. The van der Waals surface area contributed by atoms with Crippen molar-refractivity contribution in [2.24, 2.45) is 5.92 Å². The maximum Gasteiger partial charge on any atom is 0.337 e. The average molecular weight is 655 g/mol. The Bertz CT molecular complexity index is 2040. The Morgan fingerprint density at radius 2 is 1.87 bits per heavy atom. The van der Waals surface area contributed by atoms with Gasteiger partial charge < -0.3 is 10.1 Å². The van der Waals surface area contributed by atoms with Gasteiger partial charge in [0.2, 0.25) is 5.91 Å². The van der Waals surface area contributed by atoms with Crippen LogP contribution >= 0.6 is 0 Å². The molecule has 1 saturated carbocycles. The minimum absolute atomic E-state index is 0.0615. The standard InChI is InChI=1S/C32H24F6N6O3/c1-47-31(46)16-4-2-3-15(8-16)19-11-22-24(12-39-42-22)41-27(19)23(7-14-5-17(33)9-18(34)6-14)40-25(45)13-44-29-26(28(43-44)30(35)36)20-10-21(20)32(29,37)38/h2-6,8-9,11-12,20-21,23,30H,7,10,13H2,1H3,(H,39,42)(H,40,45)/t20-,21+,23-/m0/s1. The molecule has 1 fully saturated rings. The maximum absolute atomic E-state index is 15.2. The van der Waals surface area contributed by atoms with E-state index in [1.807, 2.05) is 0 Å². The summed E-state index contributed by atoms with van der Waals surface area (Å²) in [6.07, 6.45) is -1.86. The molecular weight excluding hydrogens is 630 g/mol. The van der Waals surface area contributed by atoms with Crippen LogP contribution in [0.2, 0.25) is 0 Å². The predicted molar refractivity (Wildman–Crippen MR) is 154 cm³/mol. The molecule has 0 aliphatic heterocycles. The number of pyridine rings is 1. The van der Waals surface area contributed by atoms with Gasteiger partial charge in [-0.15, -0.1) is 0 Å². The van der Waals surface area contributed by atoms with Gasteiger partial charge in [0.1, 0.15) is 35.1 Å². The van der Waals surface area contributed by atoms with E-state index >= 15 is 8.78 Å². The lowest BCUT2D eigenvalue weighted by atomic mass is 9.94. The van der Waals surface area contributed by atoms with E-state index in [0.29, 0.717) is 32.9 Å². The third kappa shape index (κ3) is 5.38. The molecule has 0 radical (unpaired) electrons. The SMILES string of the molecule is COC(=O)c1cccc(-c2cc3[nH]ncc3nc2[C@H](Cc2cc(F)cc(F)c2)NC(=O)Cn2nc(C(F)F)c3c2C(F)(F)[C@@H]2C[C@H]32)c1. The van der Waals surface area contributed by atoms with E-state index in [2.05, 4.69) is 25.6 Å². The number of halogens is 6. The molecular formula is C32H24F6N6O3. The van der Waals surface area contributed by atoms with Crippen LogP contribution in [0.4, 0.5) is 26.3 Å². The van der Waals surface area contributed by atoms with E-state index in [0.717, 1.165) is 12.1 Å². The highest BCUT2D eigenvalue weighted by molar-refractivity contribution is 5.92. The van der Waals surface area contributed by atoms with Crippen LogP contribution in [-0.4, -0.2) is 43.9 Å². The number of aromatic nitrogens is 5. The van der Waals surface area contributed by atoms with Gasteiger partial charge in [-0.1, -0.05) is 12.1 Å². The Hall–Kier alpha value is -5.21. The van der Waals surface area contributed by atoms with Crippen molar-refractivity contribution in [2.45, 2.75) is 43.7 Å². The number of ether oxygens (including phenoxy) is 1. The summed E-state index contributed by atoms with van der Waals surface area (Å²) in [7, 11) is 1.22. The molecule has 0 saturated heterocycles. The molecule has 7 rings (SSSR count). The highest BCUT2D eigenvalue weighted by Crippen LogP contribution is 2.68. The normalized spacial score (nSPS) is 18.2. The maximum atomic E-state index is 15.2. The second kappa shape index (κ2) is 11.2. The number of nitrogens with zero attached hydrogens (tertiary/aromatic N) is 4. The second-order valence-electron chi connectivity index (χ2n) is 11.6. The number of carbonyl (C=O) groups excluding carboxylic acids is 2. The van der Waals surface area contributed by atoms with E-state index in [9.17, 15) is 27.2 Å². The summed E-state index contributed by atoms with van der Waals surface area (Å²) in [6.45, 7) is -0.834. The van der Waals surface area contributed by atoms with Crippen LogP contribution in [0.1, 0.15) is 63.4 Å². The number of amides is 1. The van der Waals surface area contributed by atoms with E-state index < -0.39 is 71.7 Å². The van der Waals surface area contributed by atoms with Gasteiger partial charge in [0.25, 0.3) is 12.3 Å². The molecule has 2 aromatic carbocycles. The summed E-state index contributed by atoms with van der Waals surface area (Å²) in [5.74, 6) is -8.56. The molecule has 242 valence electrons. The van der Waals surface area contributed by atoms with Crippen molar-refractivity contribution in [3.63, 3.8) is 0 Å². The third-order valence-electron chi connectivity index (χ3n) is 8.54. The first-order chi connectivity index (χ1) is 22.4. The first kappa shape index (κ1) is 30.4. The van der Waals surface area contributed by atoms with Crippen molar-refractivity contribution in [2.75, 3.05) is 7.11 Å². The monoisotopic (exact) mass is 654 g/mol. The van der Waals surface area contributed by atoms with Crippen molar-refractivity contribution >= 4 is 22.9 Å². The van der Waals surface area contributed by atoms with Gasteiger partial charge in [-0.2, -0.15) is 19.0 Å². The fourth-order valence-corrected chi connectivity index (χ4v) is 6.46. The van der Waals surface area contributed by atoms with E-state index in [1.165, 1.54) is 25.4 Å². The zero-order valence-electron chi connectivity index (χ0n) is 24.4. The highest BCUT2D eigenvalue weighted by atomic mass is 19.3. The number of carbonyl (C=O) groups is 2. The number of hydrogen-bond donors (Lipinski definition) is 2. The van der Waals surface area contributed by atoms with Gasteiger partial charge in [0.15, 0.2) is 0 Å². The van der Waals surface area contributed by atoms with E-state index in [-0.39, 0.29) is 35.2 Å². The van der Waals surface area contributed by atoms with Crippen molar-refractivity contribution in [3.05, 3.63) is 100 Å². The molecule has 1 amide bonds. The number of methoxy groups -OCH3 is 1. The number of esters is 1. The number of nitrogens with one attached hydrogen (secondary N) is 2. The van der Waals surface area contributed by atoms with Crippen molar-refractivity contribution in [1.29, 1.82) is 0 Å². The zero-order valence-corrected chi connectivity index (χ0v) is 24.4. The Labute approximate surface area is 261 Å². The molecule has 0 unspecified atom stereocenters. The third-order valence-corrected chi connectivity index (χ3v) is 8.54. The molecule has 2 N–H and O–H groups in total. The molecule has 47 heavy (non-hydrogen) atoms. The van der Waals surface area contributed by atoms with Gasteiger partial charge in [0.05, 0.1) is 36.1 Å². The molecule has 2 aliphatic rings. The number of H-pyrrole nitrogens is 1. The summed E-state index contributed by atoms with van der Waals surface area (Å²) >= 11 is 0. The Morgan fingerprint density at radius 1 is 1.11 bits per heavy atom. The number of aromatic amines is 1. The Balaban J connectivity index is 1.30. The Morgan fingerprint density at radius 3 is 2.60 bits per heavy atom. The number of benzene rings is 2. The first-order valence-corrected chi connectivity index (χ1v) is 14.5. The van der Waals surface area contributed by atoms with Crippen molar-refractivity contribution < 1.29 is 40.7 Å². The fraction of sp³-hybridized carbons (Fsp3) is 0.281. The molecule has 9 nitrogen and oxygen atoms in total. The topological polar surface area (TPSA) is 115 Å². The lowest BCUT2D eigenvalue weighted by Crippen LogP contribution is -2.35. The zero-order chi connectivity index (χ0) is 33.2. The van der Waals surface area contributed by atoms with Crippen LogP contribution in [0.3, 0.4) is 0 Å². The smallest absolute Gasteiger partial charge is 0.337 e. The van der Waals surface area contributed by atoms with E-state index in [4.69, 9.17) is 4.74 Å². The molecule has 2 aliphatic carbocycles. The molecule has 3 aromatic heterocycles. The van der Waals surface area contributed by atoms with Crippen LogP contribution in [-0.2, 0) is 28.4 Å². The summed E-state index contributed by atoms with van der Waals surface area (Å²) in [5.41, 5.74) is 0.527. The molecule has 3 heterocycles. The molecule has 0 spiro atoms. The minimum Gasteiger partial charge on any atom is -0.465 e. The average Bonchev–Trinajstić information content (AvgIpc) is 3.44. The molecule has 5 aromatic rings. The lowest BCUT2D eigenvalue weighted by molar-refractivity contribution is -0.123. The van der Waals surface area contributed by atoms with Gasteiger partial charge in [-0.3, -0.25) is 14.6 Å². The quantitative estimate of drug-likeness (QED) is 0.146. The van der Waals surface area contributed by atoms with Crippen LogP contribution < -0.4 is 5.32 Å². The fourth-order valence-electron chi connectivity index (χ4n) is 6.46. The molecule has 3 atom stereocenters. The summed E-state index contributed by atoms with van der Waals surface area (Å²) in [5, 5.41) is 13.2. The lowest BCUT2D eigenvalue weighted by Gasteiger charge is -2.23. The largest absolute Gasteiger partial charge is 0.465 e. The van der Waals surface area contributed by atoms with E-state index in [1.54, 1.807) is 18.2 Å².